The fourth-order valence-electron chi connectivity index (χ4n) is 0. The second-order valence-electron chi connectivity index (χ2n) is 0. The molecule has 8 nitrogen and oxygen atoms in total. The Morgan fingerprint density at radius 3 is 0.300 bits per heavy atom. The second kappa shape index (κ2) is 804. The van der Waals surface area contributed by atoms with Crippen LogP contribution >= 0.6 is 0 Å². The molecule has 0 aliphatic carbocycles. The van der Waals surface area contributed by atoms with Gasteiger partial charge in [0.2, 0.25) is 0 Å². The SMILES string of the molecule is [O-2].[O-2].[O-2].[O-2].[O-2].[O-2].[O-2].[O].[Re+7].[Re+7]. The van der Waals surface area contributed by atoms with Gasteiger partial charge in [-0.3, -0.25) is 0 Å². The van der Waals surface area contributed by atoms with Crippen molar-refractivity contribution < 1.29 is 84.7 Å². The van der Waals surface area contributed by atoms with Crippen LogP contribution in [0.5, 0.6) is 0 Å². The van der Waals surface area contributed by atoms with Crippen molar-refractivity contribution >= 4 is 0 Å². The van der Waals surface area contributed by atoms with Gasteiger partial charge in [0, 0.05) is 5.48 Å². The number of rotatable bonds is 0. The van der Waals surface area contributed by atoms with Crippen molar-refractivity contribution in [2.24, 2.45) is 0 Å². The molecule has 0 N–H and O–H groups in total. The van der Waals surface area contributed by atoms with Crippen molar-refractivity contribution in [3.05, 3.63) is 0 Å². The van der Waals surface area contributed by atoms with Crippen LogP contribution in [-0.4, -0.2) is 0 Å². The van der Waals surface area contributed by atoms with Gasteiger partial charge < -0.3 is 38.3 Å². The third-order valence-corrected chi connectivity index (χ3v) is 0. The number of hydrogen-bond acceptors (Lipinski definition) is 0. The van der Waals surface area contributed by atoms with E-state index in [2.05, 4.69) is 0 Å². The van der Waals surface area contributed by atoms with Gasteiger partial charge in [-0.05, 0) is 0 Å². The van der Waals surface area contributed by atoms with E-state index in [-0.39, 0.29) is 84.7 Å². The van der Waals surface area contributed by atoms with E-state index >= 15 is 0 Å². The average molecular weight is 500 g/mol. The van der Waals surface area contributed by atoms with Gasteiger partial charge in [-0.2, -0.15) is 0 Å². The van der Waals surface area contributed by atoms with Crippen molar-refractivity contribution in [3.8, 4) is 0 Å². The zero-order valence-corrected chi connectivity index (χ0v) is 9.45. The van der Waals surface area contributed by atoms with Crippen LogP contribution < -0.4 is 0 Å². The quantitative estimate of drug-likeness (QED) is 0.391. The van der Waals surface area contributed by atoms with Crippen LogP contribution in [0, 0.1) is 0 Å². The fourth-order valence-corrected chi connectivity index (χ4v) is 0. The molecule has 0 aliphatic rings. The normalized spacial score (nSPS) is 0. The average Bonchev–Trinajstić information content (AvgIpc) is 0. The molecular weight excluding hydrogens is 500 g/mol. The van der Waals surface area contributed by atoms with Crippen LogP contribution in [0.25, 0.3) is 0 Å². The van der Waals surface area contributed by atoms with Crippen LogP contribution in [0.3, 0.4) is 0 Å². The molecule has 0 aromatic heterocycles. The Labute approximate surface area is 84.8 Å². The Hall–Kier alpha value is 1.00. The Morgan fingerprint density at radius 1 is 0.300 bits per heavy atom. The van der Waals surface area contributed by atoms with Crippen molar-refractivity contribution in [3.63, 3.8) is 0 Å². The summed E-state index contributed by atoms with van der Waals surface area (Å²) in [5.74, 6) is 0. The molecule has 0 atom stereocenters. The van der Waals surface area contributed by atoms with Gasteiger partial charge >= 0.3 is 40.8 Å². The van der Waals surface area contributed by atoms with Crippen molar-refractivity contribution in [2.45, 2.75) is 0 Å². The predicted octanol–water partition coefficient (Wildman–Crippen LogP) is -0.955. The van der Waals surface area contributed by atoms with Crippen molar-refractivity contribution in [2.75, 3.05) is 0 Å². The summed E-state index contributed by atoms with van der Waals surface area (Å²) in [6.07, 6.45) is 0. The maximum absolute atomic E-state index is 0. The molecule has 0 saturated heterocycles. The van der Waals surface area contributed by atoms with Gasteiger partial charge in [0.05, 0.1) is 0 Å². The third kappa shape index (κ3) is 572. The molecule has 2 radical (unpaired) electrons. The first-order valence-corrected chi connectivity index (χ1v) is 0. The van der Waals surface area contributed by atoms with Gasteiger partial charge in [0.1, 0.15) is 0 Å². The summed E-state index contributed by atoms with van der Waals surface area (Å²) in [5, 5.41) is 0. The van der Waals surface area contributed by atoms with Crippen molar-refractivity contribution in [1.29, 1.82) is 0 Å². The molecule has 0 rings (SSSR count). The Kier molecular flexibility index (Phi) is 87700. The molecule has 0 heterocycles. The summed E-state index contributed by atoms with van der Waals surface area (Å²) in [7, 11) is 0. The molecule has 0 unspecified atom stereocenters. The van der Waals surface area contributed by atoms with Gasteiger partial charge in [-0.15, -0.1) is 0 Å². The summed E-state index contributed by atoms with van der Waals surface area (Å²) in [6.45, 7) is 0. The maximum Gasteiger partial charge on any atom is 7.00 e. The molecule has 0 aromatic carbocycles. The van der Waals surface area contributed by atoms with Crippen molar-refractivity contribution in [1.82, 2.24) is 0 Å². The first-order valence-electron chi connectivity index (χ1n) is 0. The van der Waals surface area contributed by atoms with E-state index in [1.807, 2.05) is 0 Å². The molecule has 10 heavy (non-hydrogen) atoms. The molecule has 0 fully saturated rings. The summed E-state index contributed by atoms with van der Waals surface area (Å²) < 4.78 is 0. The van der Waals surface area contributed by atoms with E-state index in [0.717, 1.165) is 0 Å². The first-order chi connectivity index (χ1) is 0. The standard InChI is InChI=1S/8O.2Re/q;7*-2;2*+7. The van der Waals surface area contributed by atoms with E-state index in [0.29, 0.717) is 0 Å². The van der Waals surface area contributed by atoms with E-state index in [9.17, 15) is 0 Å². The zero-order chi connectivity index (χ0) is 0. The summed E-state index contributed by atoms with van der Waals surface area (Å²) in [5.41, 5.74) is 0. The smallest absolute Gasteiger partial charge is 2.00 e. The minimum Gasteiger partial charge on any atom is -2.00 e. The zero-order valence-electron chi connectivity index (χ0n) is 4.02. The monoisotopic (exact) mass is 502 g/mol. The third-order valence-electron chi connectivity index (χ3n) is 0. The molecule has 62 valence electrons. The topological polar surface area (TPSA) is 228 Å². The van der Waals surface area contributed by atoms with Gasteiger partial charge in [-0.1, -0.05) is 0 Å². The fraction of sp³-hybridized carbons (Fsp3) is 0. The summed E-state index contributed by atoms with van der Waals surface area (Å²) in [6, 6.07) is 0. The Bertz CT molecular complexity index is 7.22. The first kappa shape index (κ1) is 1090. The largest absolute Gasteiger partial charge is 7.00 e. The number of hydrogen-bond donors (Lipinski definition) is 0. The molecule has 10 heteroatoms. The molecule has 0 aromatic rings. The van der Waals surface area contributed by atoms with Crippen LogP contribution in [0.1, 0.15) is 0 Å². The molecule has 0 spiro atoms. The van der Waals surface area contributed by atoms with Gasteiger partial charge in [0.15, 0.2) is 0 Å². The minimum absolute atomic E-state index is 0. The van der Waals surface area contributed by atoms with Gasteiger partial charge in [0.25, 0.3) is 0 Å². The summed E-state index contributed by atoms with van der Waals surface area (Å²) in [4.78, 5) is 0. The molecule has 0 aliphatic heterocycles. The Morgan fingerprint density at radius 2 is 0.300 bits per heavy atom. The molecule has 0 saturated carbocycles. The van der Waals surface area contributed by atoms with Crippen LogP contribution in [-0.2, 0) is 84.7 Å². The predicted molar refractivity (Wildman–Crippen MR) is 5.49 cm³/mol. The van der Waals surface area contributed by atoms with E-state index < -0.39 is 0 Å². The van der Waals surface area contributed by atoms with Gasteiger partial charge in [-0.25, -0.2) is 0 Å². The molecular formula is O8Re2. The Balaban J connectivity index is 0. The second-order valence-corrected chi connectivity index (χ2v) is 0. The van der Waals surface area contributed by atoms with Crippen LogP contribution in [0.4, 0.5) is 0 Å². The van der Waals surface area contributed by atoms with Crippen LogP contribution in [0.2, 0.25) is 0 Å². The van der Waals surface area contributed by atoms with Crippen LogP contribution in [0.15, 0.2) is 0 Å². The minimum atomic E-state index is 0. The molecule has 0 amide bonds. The maximum atomic E-state index is 0. The van der Waals surface area contributed by atoms with E-state index in [1.54, 1.807) is 0 Å². The van der Waals surface area contributed by atoms with E-state index in [1.165, 1.54) is 0 Å². The summed E-state index contributed by atoms with van der Waals surface area (Å²) >= 11 is 0. The van der Waals surface area contributed by atoms with E-state index in [4.69, 9.17) is 0 Å². The molecule has 0 bridgehead atoms.